The molecule has 4 rings (SSSR count). The molecule has 0 amide bonds. The van der Waals surface area contributed by atoms with Crippen LogP contribution in [0.1, 0.15) is 27.7 Å². The van der Waals surface area contributed by atoms with Crippen molar-refractivity contribution in [2.75, 3.05) is 0 Å². The zero-order valence-corrected chi connectivity index (χ0v) is 11.9. The van der Waals surface area contributed by atoms with Gasteiger partial charge in [-0.05, 0) is 41.5 Å². The molecule has 1 unspecified atom stereocenters. The second kappa shape index (κ2) is 5.11. The lowest BCUT2D eigenvalue weighted by atomic mass is 9.96. The fourth-order valence-electron chi connectivity index (χ4n) is 2.99. The number of rotatable bonds is 2. The number of ketones is 1. The van der Waals surface area contributed by atoms with Crippen molar-refractivity contribution in [1.29, 1.82) is 0 Å². The summed E-state index contributed by atoms with van der Waals surface area (Å²) in [6.07, 6.45) is 7.42. The van der Waals surface area contributed by atoms with Crippen LogP contribution in [0.4, 0.5) is 0 Å². The molecule has 1 atom stereocenters. The Morgan fingerprint density at radius 3 is 2.50 bits per heavy atom. The van der Waals surface area contributed by atoms with E-state index in [2.05, 4.69) is 17.1 Å². The number of carbonyl (C=O) groups excluding carboxylic acids is 1. The molecular weight excluding hydrogens is 272 g/mol. The van der Waals surface area contributed by atoms with Crippen LogP contribution in [0.15, 0.2) is 78.8 Å². The molecule has 1 aliphatic heterocycles. The van der Waals surface area contributed by atoms with Crippen LogP contribution in [0.25, 0.3) is 6.08 Å². The number of pyridine rings is 1. The van der Waals surface area contributed by atoms with Gasteiger partial charge in [-0.3, -0.25) is 9.78 Å². The first-order chi connectivity index (χ1) is 10.8. The summed E-state index contributed by atoms with van der Waals surface area (Å²) in [5.74, 6) is 0.0932. The largest absolute Gasteiger partial charge is 0.333 e. The van der Waals surface area contributed by atoms with Crippen LogP contribution < -0.4 is 0 Å². The zero-order chi connectivity index (χ0) is 14.9. The summed E-state index contributed by atoms with van der Waals surface area (Å²) >= 11 is 0. The standard InChI is InChI=1S/C19H14N2O/c22-19-16(13-14-8-10-20-11-9-14)18(15-5-2-1-3-6-15)21-12-4-7-17(19)21/h1-13,18H/b16-13-. The molecular formula is C19H14N2O. The van der Waals surface area contributed by atoms with E-state index in [-0.39, 0.29) is 11.8 Å². The minimum atomic E-state index is -0.0631. The lowest BCUT2D eigenvalue weighted by Crippen LogP contribution is -2.07. The van der Waals surface area contributed by atoms with E-state index in [1.54, 1.807) is 12.4 Å². The van der Waals surface area contributed by atoms with Crippen molar-refractivity contribution >= 4 is 11.9 Å². The number of fused-ring (bicyclic) bond motifs is 1. The maximum atomic E-state index is 12.7. The number of aromatic nitrogens is 2. The van der Waals surface area contributed by atoms with E-state index in [1.165, 1.54) is 0 Å². The van der Waals surface area contributed by atoms with E-state index >= 15 is 0 Å². The molecule has 22 heavy (non-hydrogen) atoms. The van der Waals surface area contributed by atoms with Gasteiger partial charge < -0.3 is 4.57 Å². The Morgan fingerprint density at radius 2 is 1.73 bits per heavy atom. The second-order valence-corrected chi connectivity index (χ2v) is 5.32. The highest BCUT2D eigenvalue weighted by atomic mass is 16.1. The molecule has 1 aromatic carbocycles. The van der Waals surface area contributed by atoms with Gasteiger partial charge in [0.25, 0.3) is 0 Å². The van der Waals surface area contributed by atoms with Crippen molar-refractivity contribution in [2.24, 2.45) is 0 Å². The number of hydrogen-bond donors (Lipinski definition) is 0. The van der Waals surface area contributed by atoms with Gasteiger partial charge in [-0.2, -0.15) is 0 Å². The van der Waals surface area contributed by atoms with Crippen molar-refractivity contribution in [3.8, 4) is 0 Å². The molecule has 0 N–H and O–H groups in total. The van der Waals surface area contributed by atoms with E-state index in [9.17, 15) is 4.79 Å². The van der Waals surface area contributed by atoms with Crippen LogP contribution in [-0.2, 0) is 0 Å². The predicted molar refractivity (Wildman–Crippen MR) is 85.6 cm³/mol. The highest BCUT2D eigenvalue weighted by Crippen LogP contribution is 2.37. The van der Waals surface area contributed by atoms with Crippen LogP contribution in [0.3, 0.4) is 0 Å². The minimum Gasteiger partial charge on any atom is -0.333 e. The van der Waals surface area contributed by atoms with Gasteiger partial charge in [0.05, 0.1) is 11.7 Å². The summed E-state index contributed by atoms with van der Waals surface area (Å²) in [5, 5.41) is 0. The molecule has 106 valence electrons. The van der Waals surface area contributed by atoms with E-state index in [0.29, 0.717) is 0 Å². The van der Waals surface area contributed by atoms with Crippen LogP contribution in [0.5, 0.6) is 0 Å². The number of hydrogen-bond acceptors (Lipinski definition) is 2. The molecule has 0 saturated carbocycles. The predicted octanol–water partition coefficient (Wildman–Crippen LogP) is 3.75. The SMILES string of the molecule is O=C1/C(=C\c2ccncc2)C(c2ccccc2)n2cccc21. The fourth-order valence-corrected chi connectivity index (χ4v) is 2.99. The average Bonchev–Trinajstić information content (AvgIpc) is 3.13. The molecule has 3 aromatic rings. The topological polar surface area (TPSA) is 34.9 Å². The van der Waals surface area contributed by atoms with Gasteiger partial charge in [-0.25, -0.2) is 0 Å². The number of Topliss-reactive ketones (excluding diaryl/α,β-unsaturated/α-hetero) is 1. The van der Waals surface area contributed by atoms with Crippen molar-refractivity contribution in [1.82, 2.24) is 9.55 Å². The van der Waals surface area contributed by atoms with Crippen molar-refractivity contribution in [2.45, 2.75) is 6.04 Å². The lowest BCUT2D eigenvalue weighted by molar-refractivity contribution is 0.103. The second-order valence-electron chi connectivity index (χ2n) is 5.32. The minimum absolute atomic E-state index is 0.0631. The van der Waals surface area contributed by atoms with E-state index in [0.717, 1.165) is 22.4 Å². The molecule has 0 fully saturated rings. The van der Waals surface area contributed by atoms with Crippen LogP contribution in [-0.4, -0.2) is 15.3 Å². The van der Waals surface area contributed by atoms with Gasteiger partial charge in [0, 0.05) is 24.2 Å². The normalized spacial score (nSPS) is 18.6. The Hall–Kier alpha value is -2.94. The zero-order valence-electron chi connectivity index (χ0n) is 11.9. The molecule has 0 radical (unpaired) electrons. The molecule has 0 saturated heterocycles. The molecule has 3 heterocycles. The van der Waals surface area contributed by atoms with Gasteiger partial charge in [0.1, 0.15) is 0 Å². The molecule has 3 nitrogen and oxygen atoms in total. The Balaban J connectivity index is 1.88. The maximum absolute atomic E-state index is 12.7. The molecule has 2 aromatic heterocycles. The molecule has 0 spiro atoms. The fraction of sp³-hybridized carbons (Fsp3) is 0.0526. The first-order valence-electron chi connectivity index (χ1n) is 7.23. The quantitative estimate of drug-likeness (QED) is 0.672. The third kappa shape index (κ3) is 1.99. The van der Waals surface area contributed by atoms with Crippen molar-refractivity contribution in [3.63, 3.8) is 0 Å². The smallest absolute Gasteiger partial charge is 0.207 e. The van der Waals surface area contributed by atoms with Crippen molar-refractivity contribution in [3.05, 3.63) is 95.6 Å². The Bertz CT molecular complexity index is 847. The average molecular weight is 286 g/mol. The number of nitrogens with zero attached hydrogens (tertiary/aromatic N) is 2. The first kappa shape index (κ1) is 12.8. The van der Waals surface area contributed by atoms with Gasteiger partial charge >= 0.3 is 0 Å². The molecule has 0 bridgehead atoms. The number of allylic oxidation sites excluding steroid dienone is 1. The summed E-state index contributed by atoms with van der Waals surface area (Å²) in [6, 6.07) is 17.7. The van der Waals surface area contributed by atoms with Crippen LogP contribution >= 0.6 is 0 Å². The Kier molecular flexibility index (Phi) is 2.97. The lowest BCUT2D eigenvalue weighted by Gasteiger charge is -2.15. The van der Waals surface area contributed by atoms with E-state index < -0.39 is 0 Å². The van der Waals surface area contributed by atoms with Crippen LogP contribution in [0.2, 0.25) is 0 Å². The summed E-state index contributed by atoms with van der Waals surface area (Å²) in [7, 11) is 0. The maximum Gasteiger partial charge on any atom is 0.207 e. The number of benzene rings is 1. The summed E-state index contributed by atoms with van der Waals surface area (Å²) < 4.78 is 2.05. The molecule has 1 aliphatic rings. The van der Waals surface area contributed by atoms with Gasteiger partial charge in [0.2, 0.25) is 5.78 Å². The van der Waals surface area contributed by atoms with Gasteiger partial charge in [0.15, 0.2) is 0 Å². The first-order valence-corrected chi connectivity index (χ1v) is 7.23. The Labute approximate surface area is 128 Å². The highest BCUT2D eigenvalue weighted by molar-refractivity contribution is 6.13. The monoisotopic (exact) mass is 286 g/mol. The molecule has 0 aliphatic carbocycles. The molecule has 3 heteroatoms. The van der Waals surface area contributed by atoms with E-state index in [4.69, 9.17) is 0 Å². The Morgan fingerprint density at radius 1 is 0.955 bits per heavy atom. The summed E-state index contributed by atoms with van der Waals surface area (Å²) in [4.78, 5) is 16.8. The van der Waals surface area contributed by atoms with E-state index in [1.807, 2.05) is 59.3 Å². The van der Waals surface area contributed by atoms with Crippen LogP contribution in [0, 0.1) is 0 Å². The third-order valence-corrected chi connectivity index (χ3v) is 3.99. The number of carbonyl (C=O) groups is 1. The van der Waals surface area contributed by atoms with Crippen molar-refractivity contribution < 1.29 is 4.79 Å². The summed E-state index contributed by atoms with van der Waals surface area (Å²) in [5.41, 5.74) is 3.65. The summed E-state index contributed by atoms with van der Waals surface area (Å²) in [6.45, 7) is 0. The highest BCUT2D eigenvalue weighted by Gasteiger charge is 2.34. The van der Waals surface area contributed by atoms with Gasteiger partial charge in [-0.1, -0.05) is 30.3 Å². The van der Waals surface area contributed by atoms with Gasteiger partial charge in [-0.15, -0.1) is 0 Å². The third-order valence-electron chi connectivity index (χ3n) is 3.99.